The van der Waals surface area contributed by atoms with Crippen LogP contribution in [0.4, 0.5) is 43.4 Å². The molecule has 0 bridgehead atoms. The number of rotatable bonds is 14. The van der Waals surface area contributed by atoms with Crippen molar-refractivity contribution in [2.75, 3.05) is 17.2 Å². The highest BCUT2D eigenvalue weighted by molar-refractivity contribution is 9.11. The van der Waals surface area contributed by atoms with Crippen molar-refractivity contribution in [3.8, 4) is 0 Å². The van der Waals surface area contributed by atoms with Crippen LogP contribution in [-0.2, 0) is 27.2 Å². The van der Waals surface area contributed by atoms with Gasteiger partial charge in [0.05, 0.1) is 18.5 Å². The predicted molar refractivity (Wildman–Crippen MR) is 378 cm³/mol. The van der Waals surface area contributed by atoms with Crippen molar-refractivity contribution in [3.63, 3.8) is 0 Å². The minimum Gasteiger partial charge on any atom is -0.481 e. The summed E-state index contributed by atoms with van der Waals surface area (Å²) in [6.07, 6.45) is 0.153. The number of hydrogen-bond acceptors (Lipinski definition) is 6. The normalized spacial score (nSPS) is 11.0. The van der Waals surface area contributed by atoms with Crippen LogP contribution in [-0.4, -0.2) is 22.6 Å². The fourth-order valence-electron chi connectivity index (χ4n) is 9.32. The molecule has 90 heavy (non-hydrogen) atoms. The van der Waals surface area contributed by atoms with E-state index in [0.717, 1.165) is 71.3 Å². The van der Waals surface area contributed by atoms with Gasteiger partial charge in [-0.15, -0.1) is 0 Å². The van der Waals surface area contributed by atoms with Crippen LogP contribution < -0.4 is 17.2 Å². The molecule has 0 aromatic heterocycles. The quantitative estimate of drug-likeness (QED) is 0.0483. The van der Waals surface area contributed by atoms with E-state index >= 15 is 0 Å². The molecule has 0 heterocycles. The number of carboxylic acids is 1. The maximum absolute atomic E-state index is 13.8. The molecular formula is C74H96Br3F6N3O4. The van der Waals surface area contributed by atoms with E-state index < -0.39 is 11.6 Å². The van der Waals surface area contributed by atoms with Crippen molar-refractivity contribution in [2.45, 2.75) is 198 Å². The third kappa shape index (κ3) is 26.2. The molecule has 494 valence electrons. The molecule has 0 unspecified atom stereocenters. The molecular weight excluding hydrogens is 1350 g/mol. The molecule has 0 atom stereocenters. The average molecular weight is 1450 g/mol. The Kier molecular flexibility index (Phi) is 33.5. The summed E-state index contributed by atoms with van der Waals surface area (Å²) in [5.41, 5.74) is 30.8. The number of esters is 1. The minimum atomic E-state index is -0.875. The van der Waals surface area contributed by atoms with Gasteiger partial charge in [-0.05, 0) is 254 Å². The second-order valence-electron chi connectivity index (χ2n) is 25.4. The number of carbonyl (C=O) groups is 2. The van der Waals surface area contributed by atoms with Crippen LogP contribution in [0.25, 0.3) is 16.7 Å². The fourth-order valence-corrected chi connectivity index (χ4v) is 11.6. The summed E-state index contributed by atoms with van der Waals surface area (Å²) in [4.78, 5) is 23.1. The van der Waals surface area contributed by atoms with Crippen LogP contribution in [0.2, 0.25) is 0 Å². The third-order valence-electron chi connectivity index (χ3n) is 13.8. The Morgan fingerprint density at radius 2 is 0.667 bits per heavy atom. The summed E-state index contributed by atoms with van der Waals surface area (Å²) in [5, 5.41) is 8.95. The number of ether oxygens (including phenoxy) is 1. The van der Waals surface area contributed by atoms with Gasteiger partial charge in [0.15, 0.2) is 0 Å². The van der Waals surface area contributed by atoms with Crippen LogP contribution >= 0.6 is 47.8 Å². The van der Waals surface area contributed by atoms with E-state index in [2.05, 4.69) is 95.2 Å². The van der Waals surface area contributed by atoms with E-state index in [9.17, 15) is 35.9 Å². The van der Waals surface area contributed by atoms with Crippen molar-refractivity contribution in [1.82, 2.24) is 0 Å². The van der Waals surface area contributed by atoms with E-state index in [1.807, 2.05) is 96.9 Å². The Bertz CT molecular complexity index is 3330. The number of nitrogens with two attached hydrogens (primary N) is 3. The highest BCUT2D eigenvalue weighted by atomic mass is 79.9. The smallest absolute Gasteiger partial charge is 0.310 e. The summed E-state index contributed by atoms with van der Waals surface area (Å²) in [7, 11) is 0. The lowest BCUT2D eigenvalue weighted by Crippen LogP contribution is -2.25. The first-order valence-corrected chi connectivity index (χ1v) is 32.2. The molecule has 0 spiro atoms. The van der Waals surface area contributed by atoms with Gasteiger partial charge < -0.3 is 27.0 Å². The Morgan fingerprint density at radius 3 is 0.944 bits per heavy atom. The molecule has 6 rings (SSSR count). The van der Waals surface area contributed by atoms with Crippen LogP contribution in [0.5, 0.6) is 0 Å². The van der Waals surface area contributed by atoms with Gasteiger partial charge in [-0.3, -0.25) is 9.59 Å². The number of anilines is 3. The summed E-state index contributed by atoms with van der Waals surface area (Å²) < 4.78 is 87.2. The monoisotopic (exact) mass is 1440 g/mol. The second-order valence-corrected chi connectivity index (χ2v) is 27.9. The van der Waals surface area contributed by atoms with Crippen LogP contribution in [0.1, 0.15) is 247 Å². The standard InChI is InChI=1S/C18H27FO2.C14H19FO2.C12H16BrF.C12H16FN.C12H14FN.C6H4Br2FN/c1-11(2)14-8-13(19)9-15(12(3)4)16(14)10-17(20)21-18(5,6)7;1-8(2)11-5-10(15)6-12(9(3)4)13(11)7-14(16)17;1-7(2)10-5-9(14)6-11(8(3)4)12(10)13;2*1-7(2)10-5-9(13)6-11(8(3)4)12(10)14;7-4-1-3(9)2-5(8)6(4)10/h8-9,11-12H,10H2,1-7H3;5-6,8-9H,7H2,1-4H3,(H,16,17);5-8H,1-4H3;5-6,8H,1,14H2,2-4H3;5-6H,1,3,14H2,2,4H3;1-2H,10H2. The molecule has 7 nitrogen and oxygen atoms in total. The van der Waals surface area contributed by atoms with Crippen molar-refractivity contribution in [2.24, 2.45) is 0 Å². The molecule has 0 aliphatic heterocycles. The molecule has 0 aliphatic carbocycles. The van der Waals surface area contributed by atoms with Crippen molar-refractivity contribution in [1.29, 1.82) is 0 Å². The first kappa shape index (κ1) is 81.9. The van der Waals surface area contributed by atoms with Gasteiger partial charge in [-0.1, -0.05) is 133 Å². The van der Waals surface area contributed by atoms with Crippen molar-refractivity contribution in [3.05, 3.63) is 208 Å². The van der Waals surface area contributed by atoms with E-state index in [4.69, 9.17) is 27.0 Å². The van der Waals surface area contributed by atoms with Gasteiger partial charge in [-0.2, -0.15) is 0 Å². The zero-order chi connectivity index (χ0) is 69.9. The molecule has 0 amide bonds. The average Bonchev–Trinajstić information content (AvgIpc) is 3.37. The highest BCUT2D eigenvalue weighted by Gasteiger charge is 2.23. The maximum Gasteiger partial charge on any atom is 0.310 e. The van der Waals surface area contributed by atoms with Gasteiger partial charge in [0.25, 0.3) is 0 Å². The number of carboxylic acid groups (broad SMARTS) is 1. The summed E-state index contributed by atoms with van der Waals surface area (Å²) in [6.45, 7) is 50.4. The summed E-state index contributed by atoms with van der Waals surface area (Å²) in [6, 6.07) is 17.6. The van der Waals surface area contributed by atoms with E-state index in [1.54, 1.807) is 26.0 Å². The minimum absolute atomic E-state index is 0.0404. The highest BCUT2D eigenvalue weighted by Crippen LogP contribution is 2.36. The van der Waals surface area contributed by atoms with Gasteiger partial charge in [0.1, 0.15) is 40.5 Å². The van der Waals surface area contributed by atoms with E-state index in [0.29, 0.717) is 54.5 Å². The SMILES string of the molecule is C=C(C)c1cc(F)cc(C(=C)C)c1N.C=C(C)c1cc(F)cc(C(C)C)c1N.CC(C)c1cc(F)cc(C(C)C)c1Br.CC(C)c1cc(F)cc(C(C)C)c1CC(=O)O.CC(C)c1cc(F)cc(C(C)C)c1CC(=O)OC(C)(C)C.Nc1c(Br)cc(F)cc1Br. The Hall–Kier alpha value is -6.10. The van der Waals surface area contributed by atoms with Crippen LogP contribution in [0.15, 0.2) is 106 Å². The molecule has 6 aromatic carbocycles. The zero-order valence-corrected chi connectivity index (χ0v) is 61.1. The zero-order valence-electron chi connectivity index (χ0n) is 56.3. The lowest BCUT2D eigenvalue weighted by molar-refractivity contribution is -0.154. The number of allylic oxidation sites excluding steroid dienone is 3. The van der Waals surface area contributed by atoms with E-state index in [-0.39, 0.29) is 83.3 Å². The predicted octanol–water partition coefficient (Wildman–Crippen LogP) is 23.5. The summed E-state index contributed by atoms with van der Waals surface area (Å²) >= 11 is 9.75. The first-order chi connectivity index (χ1) is 41.2. The number of aliphatic carboxylic acids is 1. The molecule has 6 aromatic rings. The summed E-state index contributed by atoms with van der Waals surface area (Å²) in [5.74, 6) is -1.19. The Balaban J connectivity index is 0.000000547. The maximum atomic E-state index is 13.8. The lowest BCUT2D eigenvalue weighted by atomic mass is 9.87. The van der Waals surface area contributed by atoms with Crippen molar-refractivity contribution >= 4 is 93.5 Å². The largest absolute Gasteiger partial charge is 0.481 e. The van der Waals surface area contributed by atoms with Gasteiger partial charge in [-0.25, -0.2) is 26.3 Å². The molecule has 7 N–H and O–H groups in total. The van der Waals surface area contributed by atoms with Crippen molar-refractivity contribution < 1.29 is 45.8 Å². The molecule has 0 fully saturated rings. The Morgan fingerprint density at radius 1 is 0.422 bits per heavy atom. The molecule has 0 aliphatic rings. The fraction of sp³-hybridized carbons (Fsp3) is 0.405. The lowest BCUT2D eigenvalue weighted by Gasteiger charge is -2.23. The second kappa shape index (κ2) is 36.8. The van der Waals surface area contributed by atoms with Crippen LogP contribution in [0.3, 0.4) is 0 Å². The number of nitrogen functional groups attached to an aromatic ring is 3. The number of carbonyl (C=O) groups excluding carboxylic acids is 1. The molecule has 16 heteroatoms. The van der Waals surface area contributed by atoms with Crippen LogP contribution in [0, 0.1) is 34.9 Å². The first-order valence-electron chi connectivity index (χ1n) is 29.9. The molecule has 0 radical (unpaired) electrons. The van der Waals surface area contributed by atoms with Gasteiger partial charge in [0.2, 0.25) is 0 Å². The number of halogens is 9. The van der Waals surface area contributed by atoms with Gasteiger partial charge >= 0.3 is 11.9 Å². The topological polar surface area (TPSA) is 142 Å². The molecule has 0 saturated carbocycles. The third-order valence-corrected chi connectivity index (χ3v) is 16.1. The number of hydrogen-bond donors (Lipinski definition) is 4. The van der Waals surface area contributed by atoms with E-state index in [1.165, 1.54) is 60.7 Å². The van der Waals surface area contributed by atoms with Gasteiger partial charge in [0, 0.05) is 41.5 Å². The molecule has 0 saturated heterocycles. The number of benzene rings is 6. The Labute approximate surface area is 558 Å².